The van der Waals surface area contributed by atoms with Crippen molar-refractivity contribution in [2.45, 2.75) is 6.42 Å². The molecule has 0 N–H and O–H groups in total. The van der Waals surface area contributed by atoms with Crippen LogP contribution in [0, 0.1) is 0 Å². The van der Waals surface area contributed by atoms with Gasteiger partial charge in [0.1, 0.15) is 0 Å². The minimum absolute atomic E-state index is 1.04. The lowest BCUT2D eigenvalue weighted by Gasteiger charge is -2.40. The molecule has 3 aliphatic rings. The molecule has 5 heterocycles. The molecule has 2 aliphatic heterocycles. The minimum atomic E-state index is 1.04. The topological polar surface area (TPSA) is 27.8 Å². The number of hydrogen-bond acceptors (Lipinski definition) is 4. The molecule has 97 heavy (non-hydrogen) atoms. The van der Waals surface area contributed by atoms with Crippen LogP contribution in [0.3, 0.4) is 0 Å². The second kappa shape index (κ2) is 24.2. The van der Waals surface area contributed by atoms with E-state index >= 15 is 0 Å². The molecular formula is C89H62BrN7. The Morgan fingerprint density at radius 1 is 0.227 bits per heavy atom. The Labute approximate surface area is 571 Å². The van der Waals surface area contributed by atoms with Gasteiger partial charge in [-0.25, -0.2) is 0 Å². The molecule has 14 aromatic carbocycles. The van der Waals surface area contributed by atoms with Gasteiger partial charge >= 0.3 is 0 Å². The monoisotopic (exact) mass is 1310 g/mol. The molecule has 17 aromatic rings. The Bertz CT molecular complexity index is 5670. The van der Waals surface area contributed by atoms with E-state index in [2.05, 4.69) is 413 Å². The maximum atomic E-state index is 3.55. The maximum absolute atomic E-state index is 3.55. The average molecular weight is 1310 g/mol. The van der Waals surface area contributed by atoms with Crippen molar-refractivity contribution in [3.8, 4) is 28.2 Å². The van der Waals surface area contributed by atoms with Crippen molar-refractivity contribution >= 4 is 128 Å². The van der Waals surface area contributed by atoms with Gasteiger partial charge in [-0.3, -0.25) is 0 Å². The van der Waals surface area contributed by atoms with Crippen LogP contribution >= 0.6 is 15.9 Å². The lowest BCUT2D eigenvalue weighted by Crippen LogP contribution is -2.23. The number of hydrogen-bond donors (Lipinski definition) is 0. The molecule has 0 atom stereocenters. The third-order valence-corrected chi connectivity index (χ3v) is 19.7. The zero-order chi connectivity index (χ0) is 64.3. The molecule has 3 aromatic heterocycles. The van der Waals surface area contributed by atoms with Crippen LogP contribution in [0.1, 0.15) is 11.1 Å². The van der Waals surface area contributed by atoms with Crippen LogP contribution in [0.2, 0.25) is 0 Å². The quantitative estimate of drug-likeness (QED) is 0.159. The summed E-state index contributed by atoms with van der Waals surface area (Å²) in [6.07, 6.45) is 5.42. The van der Waals surface area contributed by atoms with E-state index in [9.17, 15) is 0 Å². The lowest BCUT2D eigenvalue weighted by atomic mass is 10.0. The number of anilines is 12. The Balaban J connectivity index is 0.000000117. The van der Waals surface area contributed by atoms with E-state index in [0.29, 0.717) is 0 Å². The van der Waals surface area contributed by atoms with Gasteiger partial charge in [0.25, 0.3) is 0 Å². The van der Waals surface area contributed by atoms with Gasteiger partial charge in [0.2, 0.25) is 0 Å². The first-order chi connectivity index (χ1) is 48.1. The predicted octanol–water partition coefficient (Wildman–Crippen LogP) is 24.9. The summed E-state index contributed by atoms with van der Waals surface area (Å²) in [5, 5.41) is 5.12. The summed E-state index contributed by atoms with van der Waals surface area (Å²) in [5.74, 6) is 0. The predicted molar refractivity (Wildman–Crippen MR) is 409 cm³/mol. The van der Waals surface area contributed by atoms with E-state index in [0.717, 1.165) is 67.8 Å². The number of nitrogens with zero attached hydrogens (tertiary/aromatic N) is 7. The highest BCUT2D eigenvalue weighted by molar-refractivity contribution is 9.10. The smallest absolute Gasteiger partial charge is 0.0703 e. The minimum Gasteiger partial charge on any atom is -0.317 e. The molecule has 0 saturated carbocycles. The molecule has 0 fully saturated rings. The van der Waals surface area contributed by atoms with Crippen molar-refractivity contribution in [2.24, 2.45) is 0 Å². The van der Waals surface area contributed by atoms with Gasteiger partial charge in [-0.05, 0) is 205 Å². The van der Waals surface area contributed by atoms with Crippen LogP contribution in [-0.4, -0.2) is 13.7 Å². The zero-order valence-corrected chi connectivity index (χ0v) is 54.4. The largest absolute Gasteiger partial charge is 0.317 e. The normalized spacial score (nSPS) is 12.5. The first-order valence-corrected chi connectivity index (χ1v) is 33.8. The Hall–Kier alpha value is -12.4. The highest BCUT2D eigenvalue weighted by atomic mass is 79.9. The number of benzene rings is 14. The van der Waals surface area contributed by atoms with E-state index in [-0.39, 0.29) is 0 Å². The molecule has 460 valence electrons. The van der Waals surface area contributed by atoms with E-state index in [1.165, 1.54) is 94.3 Å². The average Bonchev–Trinajstić information content (AvgIpc) is 1.67. The second-order valence-corrected chi connectivity index (χ2v) is 25.5. The lowest BCUT2D eigenvalue weighted by molar-refractivity contribution is 1.13. The molecule has 0 saturated heterocycles. The summed E-state index contributed by atoms with van der Waals surface area (Å²) in [6.45, 7) is 0. The molecule has 0 bridgehead atoms. The summed E-state index contributed by atoms with van der Waals surface area (Å²) >= 11 is 3.55. The van der Waals surface area contributed by atoms with Gasteiger partial charge in [-0.15, -0.1) is 0 Å². The Morgan fingerprint density at radius 2 is 0.588 bits per heavy atom. The van der Waals surface area contributed by atoms with Gasteiger partial charge in [-0.2, -0.15) is 0 Å². The number of fused-ring (bicyclic) bond motifs is 14. The van der Waals surface area contributed by atoms with E-state index in [1.807, 2.05) is 0 Å². The fourth-order valence-corrected chi connectivity index (χ4v) is 15.2. The van der Waals surface area contributed by atoms with Crippen molar-refractivity contribution in [1.29, 1.82) is 0 Å². The van der Waals surface area contributed by atoms with Crippen LogP contribution in [0.4, 0.5) is 68.2 Å². The third-order valence-electron chi connectivity index (χ3n) is 19.2. The summed E-state index contributed by atoms with van der Waals surface area (Å²) in [6, 6.07) is 125. The van der Waals surface area contributed by atoms with E-state index in [1.54, 1.807) is 0 Å². The van der Waals surface area contributed by atoms with Crippen LogP contribution in [0.15, 0.2) is 369 Å². The first-order valence-electron chi connectivity index (χ1n) is 33.0. The van der Waals surface area contributed by atoms with Crippen molar-refractivity contribution in [3.63, 3.8) is 0 Å². The molecule has 8 heteroatoms. The van der Waals surface area contributed by atoms with Gasteiger partial charge in [0.15, 0.2) is 0 Å². The van der Waals surface area contributed by atoms with Crippen LogP contribution in [0.25, 0.3) is 71.8 Å². The standard InChI is InChI=1S/C44H30N4.C24H17BrN2.C21H15N/c1-3-13-31(14-4-1)45-30-29-37-38(45)28-27-36-35-17-7-8-18-39(35)48(44(36)37)34-25-23-33(24-26-34)47-42-21-11-9-19-40(42)46(32-15-5-2-6-16-32)41-20-10-12-22-43(41)47;25-18-14-16-20(17-15-18)27-23-12-6-4-10-21(23)26(19-8-2-1-3-9-19)22-11-5-7-13-24(22)27;1-2-7-16(8-3-1)22-13-12-19-20-14-15-6-4-5-9-17(15)18(20)10-11-21(19)22/h1-30H;1-17H;1-13H,14H2. The molecule has 20 rings (SSSR count). The number of rotatable bonds is 7. The van der Waals surface area contributed by atoms with E-state index in [4.69, 9.17) is 0 Å². The number of para-hydroxylation sites is 13. The first kappa shape index (κ1) is 57.3. The molecule has 0 amide bonds. The fourth-order valence-electron chi connectivity index (χ4n) is 14.9. The van der Waals surface area contributed by atoms with Crippen LogP contribution < -0.4 is 19.6 Å². The molecule has 0 spiro atoms. The highest BCUT2D eigenvalue weighted by Gasteiger charge is 2.32. The van der Waals surface area contributed by atoms with Crippen molar-refractivity contribution in [3.05, 3.63) is 380 Å². The van der Waals surface area contributed by atoms with Gasteiger partial charge in [0.05, 0.1) is 67.6 Å². The zero-order valence-electron chi connectivity index (χ0n) is 52.9. The fraction of sp³-hybridized carbons (Fsp3) is 0.0112. The SMILES string of the molecule is Brc1ccc(N2c3ccccc3N(c3ccccc3)c3ccccc32)cc1.c1ccc(-n2ccc3c4c(ccc32)-c2ccccc2C4)cc1.c1ccc(N2c3ccccc3N(c3ccc(-n4c5ccccc5c5ccc6c(ccn6-c6ccccc6)c54)cc3)c3ccccc32)cc1. The summed E-state index contributed by atoms with van der Waals surface area (Å²) in [5.41, 5.74) is 28.0. The summed E-state index contributed by atoms with van der Waals surface area (Å²) in [7, 11) is 0. The molecule has 7 nitrogen and oxygen atoms in total. The highest BCUT2D eigenvalue weighted by Crippen LogP contribution is 2.56. The maximum Gasteiger partial charge on any atom is 0.0703 e. The Morgan fingerprint density at radius 3 is 1.07 bits per heavy atom. The number of halogens is 1. The summed E-state index contributed by atoms with van der Waals surface area (Å²) < 4.78 is 8.07. The van der Waals surface area contributed by atoms with Crippen molar-refractivity contribution in [1.82, 2.24) is 13.7 Å². The van der Waals surface area contributed by atoms with Gasteiger partial charge < -0.3 is 33.3 Å². The summed E-state index contributed by atoms with van der Waals surface area (Å²) in [4.78, 5) is 9.41. The van der Waals surface area contributed by atoms with Gasteiger partial charge in [-0.1, -0.05) is 192 Å². The molecule has 0 radical (unpaired) electrons. The molecule has 0 unspecified atom stereocenters. The van der Waals surface area contributed by atoms with Crippen LogP contribution in [-0.2, 0) is 6.42 Å². The second-order valence-electron chi connectivity index (χ2n) is 24.6. The van der Waals surface area contributed by atoms with Crippen molar-refractivity contribution in [2.75, 3.05) is 19.6 Å². The molecular weight excluding hydrogens is 1250 g/mol. The number of aromatic nitrogens is 3. The van der Waals surface area contributed by atoms with Crippen LogP contribution in [0.5, 0.6) is 0 Å². The van der Waals surface area contributed by atoms with Crippen molar-refractivity contribution < 1.29 is 0 Å². The molecule has 1 aliphatic carbocycles. The van der Waals surface area contributed by atoms with E-state index < -0.39 is 0 Å². The van der Waals surface area contributed by atoms with Gasteiger partial charge in [0, 0.05) is 78.2 Å². The Kier molecular flexibility index (Phi) is 14.3. The third kappa shape index (κ3) is 9.87.